The third-order valence-electron chi connectivity index (χ3n) is 4.64. The molecule has 1 aromatic carbocycles. The first kappa shape index (κ1) is 19.1. The van der Waals surface area contributed by atoms with Gasteiger partial charge in [-0.1, -0.05) is 13.8 Å². The van der Waals surface area contributed by atoms with E-state index in [0.717, 1.165) is 6.42 Å². The first-order valence-electron chi connectivity index (χ1n) is 8.28. The van der Waals surface area contributed by atoms with Crippen LogP contribution in [0.1, 0.15) is 37.6 Å². The number of hydrogen-bond donors (Lipinski definition) is 2. The summed E-state index contributed by atoms with van der Waals surface area (Å²) in [6.07, 6.45) is 0.755. The molecule has 1 aliphatic heterocycles. The average Bonchev–Trinajstić information content (AvgIpc) is 2.55. The zero-order chi connectivity index (χ0) is 18.8. The molecule has 7 nitrogen and oxygen atoms in total. The molecule has 0 saturated carbocycles. The Kier molecular flexibility index (Phi) is 5.57. The van der Waals surface area contributed by atoms with E-state index in [-0.39, 0.29) is 23.3 Å². The van der Waals surface area contributed by atoms with E-state index in [1.54, 1.807) is 17.0 Å². The van der Waals surface area contributed by atoms with E-state index in [1.165, 1.54) is 21.1 Å². The normalized spacial score (nSPS) is 19.3. The number of nitrogens with one attached hydrogen (secondary N) is 1. The fraction of sp³-hybridized carbons (Fsp3) is 0.556. The fourth-order valence-electron chi connectivity index (χ4n) is 3.10. The lowest BCUT2D eigenvalue weighted by Crippen LogP contribution is -2.54. The number of likely N-dealkylation sites (tertiary alicyclic amines) is 1. The number of anilines is 1. The maximum Gasteiger partial charge on any atom is 0.254 e. The van der Waals surface area contributed by atoms with Crippen molar-refractivity contribution in [3.05, 3.63) is 17.7 Å². The molecule has 1 unspecified atom stereocenters. The van der Waals surface area contributed by atoms with E-state index in [4.69, 9.17) is 15.2 Å². The molecular formula is C18H27N3O4. The minimum atomic E-state index is -0.255. The topological polar surface area (TPSA) is 93.9 Å². The van der Waals surface area contributed by atoms with Crippen molar-refractivity contribution in [1.82, 2.24) is 4.90 Å². The summed E-state index contributed by atoms with van der Waals surface area (Å²) < 4.78 is 10.6. The van der Waals surface area contributed by atoms with E-state index in [0.29, 0.717) is 35.8 Å². The Labute approximate surface area is 148 Å². The van der Waals surface area contributed by atoms with Crippen LogP contribution < -0.4 is 20.5 Å². The Bertz CT molecular complexity index is 673. The van der Waals surface area contributed by atoms with Crippen LogP contribution in [0.5, 0.6) is 11.5 Å². The van der Waals surface area contributed by atoms with Crippen LogP contribution in [0, 0.1) is 5.41 Å². The predicted molar refractivity (Wildman–Crippen MR) is 96.1 cm³/mol. The second kappa shape index (κ2) is 7.31. The van der Waals surface area contributed by atoms with Crippen molar-refractivity contribution < 1.29 is 19.1 Å². The van der Waals surface area contributed by atoms with Gasteiger partial charge >= 0.3 is 0 Å². The lowest BCUT2D eigenvalue weighted by atomic mass is 9.79. The van der Waals surface area contributed by atoms with Crippen LogP contribution in [0.2, 0.25) is 0 Å². The van der Waals surface area contributed by atoms with Crippen LogP contribution in [0.15, 0.2) is 12.1 Å². The smallest absolute Gasteiger partial charge is 0.254 e. The summed E-state index contributed by atoms with van der Waals surface area (Å²) in [5.74, 6) is 0.405. The number of nitrogens with two attached hydrogens (primary N) is 1. The molecule has 25 heavy (non-hydrogen) atoms. The number of hydrogen-bond acceptors (Lipinski definition) is 5. The SMILES string of the molecule is COc1cc(C(=O)N2CCC(N)C(C)(C)C2)cc(NC(C)=O)c1OC. The number of ether oxygens (including phenoxy) is 2. The highest BCUT2D eigenvalue weighted by atomic mass is 16.5. The molecule has 1 atom stereocenters. The van der Waals surface area contributed by atoms with Gasteiger partial charge in [-0.25, -0.2) is 0 Å². The molecular weight excluding hydrogens is 322 g/mol. The highest BCUT2D eigenvalue weighted by Gasteiger charge is 2.36. The number of carbonyl (C=O) groups excluding carboxylic acids is 2. The Morgan fingerprint density at radius 2 is 1.96 bits per heavy atom. The van der Waals surface area contributed by atoms with Gasteiger partial charge in [0.25, 0.3) is 5.91 Å². The lowest BCUT2D eigenvalue weighted by Gasteiger charge is -2.42. The van der Waals surface area contributed by atoms with Crippen LogP contribution in [-0.2, 0) is 4.79 Å². The number of carbonyl (C=O) groups is 2. The van der Waals surface area contributed by atoms with Gasteiger partial charge in [-0.15, -0.1) is 0 Å². The zero-order valence-corrected chi connectivity index (χ0v) is 15.5. The van der Waals surface area contributed by atoms with Gasteiger partial charge in [-0.05, 0) is 24.0 Å². The summed E-state index contributed by atoms with van der Waals surface area (Å²) in [5, 5.41) is 2.69. The second-order valence-corrected chi connectivity index (χ2v) is 7.05. The predicted octanol–water partition coefficient (Wildman–Crippen LogP) is 1.86. The van der Waals surface area contributed by atoms with Gasteiger partial charge < -0.3 is 25.4 Å². The minimum Gasteiger partial charge on any atom is -0.493 e. The third kappa shape index (κ3) is 4.04. The van der Waals surface area contributed by atoms with Crippen molar-refractivity contribution in [2.45, 2.75) is 33.2 Å². The molecule has 0 aliphatic carbocycles. The van der Waals surface area contributed by atoms with Crippen molar-refractivity contribution in [3.63, 3.8) is 0 Å². The van der Waals surface area contributed by atoms with Crippen LogP contribution in [0.3, 0.4) is 0 Å². The minimum absolute atomic E-state index is 0.0666. The van der Waals surface area contributed by atoms with Gasteiger partial charge in [-0.3, -0.25) is 9.59 Å². The lowest BCUT2D eigenvalue weighted by molar-refractivity contribution is -0.114. The van der Waals surface area contributed by atoms with E-state index in [9.17, 15) is 9.59 Å². The summed E-state index contributed by atoms with van der Waals surface area (Å²) in [4.78, 5) is 26.2. The summed E-state index contributed by atoms with van der Waals surface area (Å²) in [5.41, 5.74) is 6.85. The molecule has 138 valence electrons. The standard InChI is InChI=1S/C18H27N3O4/c1-11(22)20-13-8-12(9-14(24-4)16(13)25-5)17(23)21-7-6-15(19)18(2,3)10-21/h8-9,15H,6-7,10,19H2,1-5H3,(H,20,22). The van der Waals surface area contributed by atoms with Crippen LogP contribution in [0.25, 0.3) is 0 Å². The highest BCUT2D eigenvalue weighted by Crippen LogP contribution is 2.37. The van der Waals surface area contributed by atoms with Gasteiger partial charge in [0.05, 0.1) is 19.9 Å². The summed E-state index contributed by atoms with van der Waals surface area (Å²) >= 11 is 0. The van der Waals surface area contributed by atoms with E-state index in [2.05, 4.69) is 19.2 Å². The van der Waals surface area contributed by atoms with Gasteiger partial charge in [0.1, 0.15) is 0 Å². The second-order valence-electron chi connectivity index (χ2n) is 7.05. The summed E-state index contributed by atoms with van der Waals surface area (Å²) in [6.45, 7) is 6.71. The van der Waals surface area contributed by atoms with Gasteiger partial charge in [0, 0.05) is 31.6 Å². The Morgan fingerprint density at radius 3 is 2.48 bits per heavy atom. The largest absolute Gasteiger partial charge is 0.493 e. The molecule has 2 amide bonds. The molecule has 1 fully saturated rings. The fourth-order valence-corrected chi connectivity index (χ4v) is 3.10. The van der Waals surface area contributed by atoms with E-state index < -0.39 is 0 Å². The van der Waals surface area contributed by atoms with E-state index >= 15 is 0 Å². The average molecular weight is 349 g/mol. The quantitative estimate of drug-likeness (QED) is 0.865. The Hall–Kier alpha value is -2.28. The number of amides is 2. The van der Waals surface area contributed by atoms with Crippen molar-refractivity contribution in [2.24, 2.45) is 11.1 Å². The van der Waals surface area contributed by atoms with Crippen molar-refractivity contribution in [1.29, 1.82) is 0 Å². The zero-order valence-electron chi connectivity index (χ0n) is 15.5. The molecule has 1 saturated heterocycles. The number of piperidine rings is 1. The monoisotopic (exact) mass is 349 g/mol. The molecule has 0 spiro atoms. The van der Waals surface area contributed by atoms with Crippen LogP contribution in [0.4, 0.5) is 5.69 Å². The summed E-state index contributed by atoms with van der Waals surface area (Å²) in [7, 11) is 2.98. The van der Waals surface area contributed by atoms with Gasteiger partial charge in [-0.2, -0.15) is 0 Å². The number of rotatable bonds is 4. The number of methoxy groups -OCH3 is 2. The van der Waals surface area contributed by atoms with E-state index in [1.807, 2.05) is 0 Å². The maximum absolute atomic E-state index is 13.0. The Morgan fingerprint density at radius 1 is 1.28 bits per heavy atom. The third-order valence-corrected chi connectivity index (χ3v) is 4.64. The molecule has 3 N–H and O–H groups in total. The maximum atomic E-state index is 13.0. The summed E-state index contributed by atoms with van der Waals surface area (Å²) in [6, 6.07) is 3.32. The van der Waals surface area contributed by atoms with Crippen molar-refractivity contribution >= 4 is 17.5 Å². The highest BCUT2D eigenvalue weighted by molar-refractivity contribution is 5.99. The molecule has 1 heterocycles. The van der Waals surface area contributed by atoms with Crippen molar-refractivity contribution in [2.75, 3.05) is 32.6 Å². The van der Waals surface area contributed by atoms with Crippen LogP contribution >= 0.6 is 0 Å². The van der Waals surface area contributed by atoms with Gasteiger partial charge in [0.2, 0.25) is 5.91 Å². The number of benzene rings is 1. The molecule has 1 aliphatic rings. The molecule has 0 radical (unpaired) electrons. The van der Waals surface area contributed by atoms with Crippen LogP contribution in [-0.4, -0.2) is 50.1 Å². The number of nitrogens with zero attached hydrogens (tertiary/aromatic N) is 1. The first-order valence-corrected chi connectivity index (χ1v) is 8.28. The molecule has 1 aromatic rings. The first-order chi connectivity index (χ1) is 11.7. The molecule has 0 bridgehead atoms. The molecule has 7 heteroatoms. The molecule has 0 aromatic heterocycles. The van der Waals surface area contributed by atoms with Gasteiger partial charge in [0.15, 0.2) is 11.5 Å². The molecule has 2 rings (SSSR count). The Balaban J connectivity index is 2.37. The van der Waals surface area contributed by atoms with Crippen molar-refractivity contribution in [3.8, 4) is 11.5 Å².